The van der Waals surface area contributed by atoms with Crippen molar-refractivity contribution in [2.75, 3.05) is 63.1 Å². The lowest BCUT2D eigenvalue weighted by atomic mass is 9.80. The molecule has 6 aliphatic heterocycles. The van der Waals surface area contributed by atoms with Gasteiger partial charge in [0.2, 0.25) is 0 Å². The van der Waals surface area contributed by atoms with E-state index < -0.39 is 53.1 Å². The van der Waals surface area contributed by atoms with Crippen molar-refractivity contribution < 1.29 is 49.0 Å². The number of phenolic OH excluding ortho intramolecular Hbond substituents is 2. The molecule has 2 saturated heterocycles. The van der Waals surface area contributed by atoms with Gasteiger partial charge in [-0.15, -0.1) is 0 Å². The number of amides is 2. The molecule has 6 aliphatic rings. The van der Waals surface area contributed by atoms with Crippen LogP contribution >= 0.6 is 0 Å². The molecule has 17 nitrogen and oxygen atoms in total. The first-order valence-corrected chi connectivity index (χ1v) is 25.0. The van der Waals surface area contributed by atoms with E-state index in [-0.39, 0.29) is 67.6 Å². The first-order chi connectivity index (χ1) is 33.8. The third-order valence-electron chi connectivity index (χ3n) is 14.7. The standard InChI is InChI=1S/C53H69N7O9.CH4O/c1-30(2)29-58-21-18-53(19-22-58)56-41-38-39-45(62)36(8)48-40(38)49(64)52(9,69-48)67-27-13-16-32(4)47(68-51(66)60-25-23-59(24-26-60)37-17-10-11-20-54-37)35(7)44(61)34(6)28-31(3)14-12-15-33(5)50(65)55-43(46(39)63)42(41)57-53;1-2/h10-15,17,20,27,30-32,34-35,44,47,61-63H,16,18-19,21-26,28-29H2,1-9H3,(H,55,65);2H,1H3/b14-12+,27-13+,33-15-;/t31-,32+,34+,35+,44+,47?,52?;/m0./s1. The van der Waals surface area contributed by atoms with E-state index in [9.17, 15) is 29.7 Å². The predicted molar refractivity (Wildman–Crippen MR) is 271 cm³/mol. The van der Waals surface area contributed by atoms with Gasteiger partial charge < -0.3 is 54.7 Å². The van der Waals surface area contributed by atoms with Crippen LogP contribution in [-0.2, 0) is 14.3 Å². The van der Waals surface area contributed by atoms with Crippen molar-refractivity contribution in [3.63, 3.8) is 0 Å². The number of Topliss-reactive ketones (excluding diaryl/α,β-unsaturated/α-hetero) is 1. The molecule has 5 N–H and O–H groups in total. The van der Waals surface area contributed by atoms with E-state index in [2.05, 4.69) is 33.9 Å². The molecule has 17 heteroatoms. The molecule has 3 aromatic rings. The van der Waals surface area contributed by atoms with E-state index in [1.165, 1.54) is 13.2 Å². The van der Waals surface area contributed by atoms with Gasteiger partial charge in [0.05, 0.1) is 28.7 Å². The Morgan fingerprint density at radius 3 is 2.30 bits per heavy atom. The number of aromatic hydroxyl groups is 2. The first-order valence-electron chi connectivity index (χ1n) is 25.0. The molecule has 2 amide bonds. The zero-order chi connectivity index (χ0) is 51.5. The highest BCUT2D eigenvalue weighted by Crippen LogP contribution is 2.50. The highest BCUT2D eigenvalue weighted by molar-refractivity contribution is 6.19. The Balaban J connectivity index is 0.00000366. The molecular formula is C54H73N7O10. The van der Waals surface area contributed by atoms with Crippen LogP contribution in [0, 0.1) is 36.5 Å². The number of aliphatic hydroxyl groups is 2. The summed E-state index contributed by atoms with van der Waals surface area (Å²) in [6.07, 6.45) is 10.5. The second kappa shape index (κ2) is 21.8. The van der Waals surface area contributed by atoms with Crippen molar-refractivity contribution in [1.82, 2.24) is 14.8 Å². The van der Waals surface area contributed by atoms with E-state index >= 15 is 0 Å². The zero-order valence-electron chi connectivity index (χ0n) is 42.9. The number of rotatable bonds is 4. The van der Waals surface area contributed by atoms with Gasteiger partial charge in [0.1, 0.15) is 34.5 Å². The Morgan fingerprint density at radius 1 is 0.944 bits per heavy atom. The second-order valence-electron chi connectivity index (χ2n) is 20.6. The Bertz CT molecular complexity index is 2690. The third-order valence-corrected chi connectivity index (χ3v) is 14.7. The maximum Gasteiger partial charge on any atom is 0.410 e. The summed E-state index contributed by atoms with van der Waals surface area (Å²) in [7, 11) is 1.00. The number of aromatic nitrogens is 1. The van der Waals surface area contributed by atoms with Crippen molar-refractivity contribution in [3.8, 4) is 17.2 Å². The van der Waals surface area contributed by atoms with E-state index in [4.69, 9.17) is 29.3 Å². The number of piperazine rings is 1. The van der Waals surface area contributed by atoms with Crippen LogP contribution < -0.4 is 25.7 Å². The summed E-state index contributed by atoms with van der Waals surface area (Å²) in [4.78, 5) is 63.8. The van der Waals surface area contributed by atoms with Crippen molar-refractivity contribution in [1.29, 1.82) is 0 Å². The summed E-state index contributed by atoms with van der Waals surface area (Å²) in [5.41, 5.74) is -0.321. The number of nitrogens with one attached hydrogen (secondary N) is 1. The molecule has 0 radical (unpaired) electrons. The van der Waals surface area contributed by atoms with Crippen LogP contribution in [0.2, 0.25) is 0 Å². The monoisotopic (exact) mass is 980 g/mol. The number of nitrogens with zero attached hydrogens (tertiary/aromatic N) is 6. The SMILES string of the molecule is C/C1=C/C=C/[C@H](C)C[C@@H](C)[C@@H](O)[C@@H](C)C(OC(=O)N2CCN(c3ccccn3)CC2)[C@H](C)C/C=C/OC2(C)Oc3c(C)c(O)c4c(O)c(c5c(c4c3C2=O)=NC2(CCN(CC(C)C)CC2)N=5)NC1=O.CO. The molecule has 2 aromatic carbocycles. The topological polar surface area (TPSA) is 219 Å². The molecule has 2 unspecified atom stereocenters. The number of carbonyl (C=O) groups excluding carboxylic acids is 3. The quantitative estimate of drug-likeness (QED) is 0.175. The number of ketones is 1. The Morgan fingerprint density at radius 2 is 1.63 bits per heavy atom. The minimum Gasteiger partial charge on any atom is -0.507 e. The predicted octanol–water partition coefficient (Wildman–Crippen LogP) is 6.55. The van der Waals surface area contributed by atoms with Gasteiger partial charge in [-0.25, -0.2) is 9.78 Å². The van der Waals surface area contributed by atoms with Gasteiger partial charge in [0.25, 0.3) is 11.7 Å². The van der Waals surface area contributed by atoms with Gasteiger partial charge in [-0.2, -0.15) is 0 Å². The normalized spacial score (nSPS) is 28.7. The molecule has 1 spiro atoms. The van der Waals surface area contributed by atoms with E-state index in [1.54, 1.807) is 43.2 Å². The molecule has 9 rings (SSSR count). The summed E-state index contributed by atoms with van der Waals surface area (Å²) >= 11 is 0. The number of aliphatic hydroxyl groups excluding tert-OH is 2. The largest absolute Gasteiger partial charge is 0.507 e. The first kappa shape index (κ1) is 52.8. The average molecular weight is 980 g/mol. The van der Waals surface area contributed by atoms with Gasteiger partial charge >= 0.3 is 11.9 Å². The highest BCUT2D eigenvalue weighted by atomic mass is 16.7. The van der Waals surface area contributed by atoms with E-state index in [0.717, 1.165) is 32.6 Å². The van der Waals surface area contributed by atoms with Gasteiger partial charge in [0.15, 0.2) is 11.4 Å². The Labute approximate surface area is 416 Å². The minimum atomic E-state index is -1.89. The number of hydrogen-bond acceptors (Lipinski definition) is 15. The summed E-state index contributed by atoms with van der Waals surface area (Å²) < 4.78 is 18.9. The molecule has 384 valence electrons. The molecule has 2 fully saturated rings. The van der Waals surface area contributed by atoms with Crippen LogP contribution in [0.3, 0.4) is 0 Å². The number of hydrogen-bond donors (Lipinski definition) is 5. The highest BCUT2D eigenvalue weighted by Gasteiger charge is 2.50. The number of likely N-dealkylation sites (tertiary alicyclic amines) is 1. The number of phenols is 2. The van der Waals surface area contributed by atoms with Gasteiger partial charge in [-0.05, 0) is 68.6 Å². The summed E-state index contributed by atoms with van der Waals surface area (Å²) in [6.45, 7) is 21.5. The van der Waals surface area contributed by atoms with Crippen molar-refractivity contribution in [2.45, 2.75) is 112 Å². The van der Waals surface area contributed by atoms with Gasteiger partial charge in [-0.3, -0.25) is 19.6 Å². The molecule has 71 heavy (non-hydrogen) atoms. The number of benzene rings is 2. The van der Waals surface area contributed by atoms with Crippen LogP contribution in [0.1, 0.15) is 97.0 Å². The minimum absolute atomic E-state index is 0.00351. The summed E-state index contributed by atoms with van der Waals surface area (Å²) in [6, 6.07) is 5.76. The Hall–Kier alpha value is -6.04. The number of anilines is 2. The van der Waals surface area contributed by atoms with Gasteiger partial charge in [0, 0.05) is 101 Å². The average Bonchev–Trinajstić information content (AvgIpc) is 3.86. The Kier molecular flexibility index (Phi) is 16.2. The molecule has 5 bridgehead atoms. The summed E-state index contributed by atoms with van der Waals surface area (Å²) in [5, 5.41) is 46.5. The number of pyridine rings is 1. The lowest BCUT2D eigenvalue weighted by Crippen LogP contribution is -2.51. The number of allylic oxidation sites excluding steroid dienone is 4. The lowest BCUT2D eigenvalue weighted by Gasteiger charge is -2.38. The molecule has 7 atom stereocenters. The van der Waals surface area contributed by atoms with Crippen molar-refractivity contribution in [3.05, 3.63) is 82.4 Å². The molecule has 7 heterocycles. The molecule has 0 saturated carbocycles. The maximum atomic E-state index is 14.8. The molecule has 0 aliphatic carbocycles. The van der Waals surface area contributed by atoms with E-state index in [0.29, 0.717) is 63.4 Å². The smallest absolute Gasteiger partial charge is 0.410 e. The van der Waals surface area contributed by atoms with Crippen LogP contribution in [0.5, 0.6) is 17.2 Å². The zero-order valence-corrected chi connectivity index (χ0v) is 42.9. The van der Waals surface area contributed by atoms with E-state index in [1.807, 2.05) is 52.0 Å². The van der Waals surface area contributed by atoms with Gasteiger partial charge in [-0.1, -0.05) is 65.8 Å². The second-order valence-corrected chi connectivity index (χ2v) is 20.6. The molecular weight excluding hydrogens is 907 g/mol. The maximum absolute atomic E-state index is 14.8. The van der Waals surface area contributed by atoms with Crippen LogP contribution in [-0.4, -0.2) is 130 Å². The fraction of sp³-hybridized carbons (Fsp3) is 0.556. The molecule has 1 aromatic heterocycles. The lowest BCUT2D eigenvalue weighted by molar-refractivity contribution is -0.112. The third kappa shape index (κ3) is 10.8. The number of carbonyl (C=O) groups is 3. The van der Waals surface area contributed by atoms with Crippen LogP contribution in [0.4, 0.5) is 16.3 Å². The summed E-state index contributed by atoms with van der Waals surface area (Å²) in [5.74, 6) is -3.27. The van der Waals surface area contributed by atoms with Crippen molar-refractivity contribution in [2.24, 2.45) is 39.6 Å². The number of ether oxygens (including phenoxy) is 3. The van der Waals surface area contributed by atoms with Crippen molar-refractivity contribution >= 4 is 40.1 Å². The fourth-order valence-electron chi connectivity index (χ4n) is 10.7. The van der Waals surface area contributed by atoms with Crippen LogP contribution in [0.25, 0.3) is 10.8 Å². The number of fused-ring (bicyclic) bond motifs is 13. The fourth-order valence-corrected chi connectivity index (χ4v) is 10.7. The number of piperidine rings is 1. The van der Waals surface area contributed by atoms with Crippen LogP contribution in [0.15, 0.2) is 70.5 Å².